The first-order valence-corrected chi connectivity index (χ1v) is 5.72. The van der Waals surface area contributed by atoms with E-state index in [1.165, 1.54) is 18.5 Å². The van der Waals surface area contributed by atoms with E-state index in [4.69, 9.17) is 4.74 Å². The average Bonchev–Trinajstić information content (AvgIpc) is 2.75. The molecule has 1 aromatic rings. The van der Waals surface area contributed by atoms with Crippen molar-refractivity contribution in [3.05, 3.63) is 18.0 Å². The van der Waals surface area contributed by atoms with E-state index in [1.807, 2.05) is 10.9 Å². The van der Waals surface area contributed by atoms with E-state index >= 15 is 0 Å². The minimum absolute atomic E-state index is 0.513. The number of aromatic nitrogens is 2. The van der Waals surface area contributed by atoms with Crippen molar-refractivity contribution >= 4 is 0 Å². The third kappa shape index (κ3) is 2.79. The van der Waals surface area contributed by atoms with Crippen LogP contribution in [0.2, 0.25) is 0 Å². The van der Waals surface area contributed by atoms with Crippen LogP contribution in [-0.2, 0) is 17.8 Å². The largest absolute Gasteiger partial charge is 0.380 e. The number of nitrogens with zero attached hydrogens (tertiary/aromatic N) is 2. The summed E-state index contributed by atoms with van der Waals surface area (Å²) in [5.41, 5.74) is 1.25. The molecule has 0 radical (unpaired) electrons. The Kier molecular flexibility index (Phi) is 3.75. The van der Waals surface area contributed by atoms with E-state index in [0.717, 1.165) is 26.3 Å². The van der Waals surface area contributed by atoms with Gasteiger partial charge in [0.2, 0.25) is 0 Å². The van der Waals surface area contributed by atoms with Gasteiger partial charge < -0.3 is 10.1 Å². The van der Waals surface area contributed by atoms with Gasteiger partial charge in [-0.3, -0.25) is 4.68 Å². The molecular formula is C11H19N3O. The lowest BCUT2D eigenvalue weighted by atomic mass is 10.1. The van der Waals surface area contributed by atoms with Crippen molar-refractivity contribution in [1.82, 2.24) is 15.1 Å². The lowest BCUT2D eigenvalue weighted by Gasteiger charge is -2.23. The van der Waals surface area contributed by atoms with Crippen LogP contribution in [0.1, 0.15) is 25.5 Å². The van der Waals surface area contributed by atoms with Gasteiger partial charge in [-0.1, -0.05) is 0 Å². The van der Waals surface area contributed by atoms with Crippen molar-refractivity contribution in [2.75, 3.05) is 13.2 Å². The summed E-state index contributed by atoms with van der Waals surface area (Å²) in [5, 5.41) is 7.76. The smallest absolute Gasteiger partial charge is 0.0619 e. The van der Waals surface area contributed by atoms with Crippen LogP contribution in [0.5, 0.6) is 0 Å². The molecule has 2 heterocycles. The summed E-state index contributed by atoms with van der Waals surface area (Å²) in [6.07, 6.45) is 4.25. The highest BCUT2D eigenvalue weighted by atomic mass is 16.5. The fourth-order valence-corrected chi connectivity index (χ4v) is 1.95. The monoisotopic (exact) mass is 209 g/mol. The lowest BCUT2D eigenvalue weighted by molar-refractivity contribution is 0.0697. The van der Waals surface area contributed by atoms with Crippen molar-refractivity contribution < 1.29 is 4.74 Å². The minimum atomic E-state index is 0.513. The molecule has 0 saturated carbocycles. The zero-order valence-electron chi connectivity index (χ0n) is 9.28. The van der Waals surface area contributed by atoms with E-state index in [-0.39, 0.29) is 0 Å². The third-order valence-electron chi connectivity index (χ3n) is 2.84. The molecule has 1 saturated heterocycles. The molecule has 15 heavy (non-hydrogen) atoms. The van der Waals surface area contributed by atoms with Crippen molar-refractivity contribution in [2.45, 2.75) is 38.9 Å². The third-order valence-corrected chi connectivity index (χ3v) is 2.84. The van der Waals surface area contributed by atoms with Crippen molar-refractivity contribution in [3.63, 3.8) is 0 Å². The Morgan fingerprint density at radius 1 is 1.67 bits per heavy atom. The van der Waals surface area contributed by atoms with Gasteiger partial charge in [0.05, 0.1) is 12.3 Å². The second-order valence-electron chi connectivity index (χ2n) is 3.93. The van der Waals surface area contributed by atoms with Gasteiger partial charge in [0.25, 0.3) is 0 Å². The molecule has 0 aromatic carbocycles. The summed E-state index contributed by atoms with van der Waals surface area (Å²) in [7, 11) is 0. The molecule has 0 bridgehead atoms. The van der Waals surface area contributed by atoms with E-state index in [2.05, 4.69) is 23.4 Å². The molecule has 0 aliphatic carbocycles. The van der Waals surface area contributed by atoms with Crippen molar-refractivity contribution in [2.24, 2.45) is 0 Å². The fourth-order valence-electron chi connectivity index (χ4n) is 1.95. The summed E-state index contributed by atoms with van der Waals surface area (Å²) < 4.78 is 7.45. The number of hydrogen-bond acceptors (Lipinski definition) is 3. The number of rotatable bonds is 4. The molecule has 1 unspecified atom stereocenters. The Bertz CT molecular complexity index is 292. The number of ether oxygens (including phenoxy) is 1. The maximum absolute atomic E-state index is 5.42. The van der Waals surface area contributed by atoms with Crippen LogP contribution in [0, 0.1) is 0 Å². The van der Waals surface area contributed by atoms with Gasteiger partial charge in [-0.2, -0.15) is 5.10 Å². The van der Waals surface area contributed by atoms with Gasteiger partial charge in [-0.05, 0) is 25.8 Å². The Morgan fingerprint density at radius 2 is 2.60 bits per heavy atom. The zero-order valence-corrected chi connectivity index (χ0v) is 9.28. The van der Waals surface area contributed by atoms with Crippen molar-refractivity contribution in [3.8, 4) is 0 Å². The summed E-state index contributed by atoms with van der Waals surface area (Å²) in [6.45, 7) is 5.71. The summed E-state index contributed by atoms with van der Waals surface area (Å²) in [4.78, 5) is 0. The number of aryl methyl sites for hydroxylation is 1. The van der Waals surface area contributed by atoms with E-state index in [1.54, 1.807) is 0 Å². The Hall–Kier alpha value is -0.870. The summed E-state index contributed by atoms with van der Waals surface area (Å²) >= 11 is 0. The second kappa shape index (κ2) is 5.28. The van der Waals surface area contributed by atoms with E-state index < -0.39 is 0 Å². The highest BCUT2D eigenvalue weighted by molar-refractivity contribution is 5.00. The molecule has 4 nitrogen and oxygen atoms in total. The van der Waals surface area contributed by atoms with Crippen LogP contribution in [0.15, 0.2) is 12.3 Å². The van der Waals surface area contributed by atoms with Gasteiger partial charge in [-0.15, -0.1) is 0 Å². The predicted molar refractivity (Wildman–Crippen MR) is 58.6 cm³/mol. The highest BCUT2D eigenvalue weighted by Gasteiger charge is 2.13. The maximum atomic E-state index is 5.42. The Labute approximate surface area is 90.6 Å². The molecule has 84 valence electrons. The van der Waals surface area contributed by atoms with Crippen LogP contribution in [0.25, 0.3) is 0 Å². The minimum Gasteiger partial charge on any atom is -0.380 e. The first-order chi connectivity index (χ1) is 7.40. The topological polar surface area (TPSA) is 39.1 Å². The first-order valence-electron chi connectivity index (χ1n) is 5.72. The molecule has 1 aliphatic rings. The number of nitrogens with one attached hydrogen (secondary N) is 1. The van der Waals surface area contributed by atoms with E-state index in [0.29, 0.717) is 6.04 Å². The average molecular weight is 209 g/mol. The highest BCUT2D eigenvalue weighted by Crippen LogP contribution is 2.07. The van der Waals surface area contributed by atoms with Crippen LogP contribution < -0.4 is 5.32 Å². The van der Waals surface area contributed by atoms with Gasteiger partial charge in [0.1, 0.15) is 0 Å². The van der Waals surface area contributed by atoms with Crippen LogP contribution >= 0.6 is 0 Å². The van der Waals surface area contributed by atoms with Gasteiger partial charge in [0.15, 0.2) is 0 Å². The predicted octanol–water partition coefficient (Wildman–Crippen LogP) is 1.17. The summed E-state index contributed by atoms with van der Waals surface area (Å²) in [6, 6.07) is 2.58. The standard InChI is InChI=1S/C11H19N3O/c1-2-14-11(5-6-13-14)8-12-10-4-3-7-15-9-10/h5-6,10,12H,2-4,7-9H2,1H3. The fraction of sp³-hybridized carbons (Fsp3) is 0.727. The second-order valence-corrected chi connectivity index (χ2v) is 3.93. The maximum Gasteiger partial charge on any atom is 0.0619 e. The SMILES string of the molecule is CCn1nccc1CNC1CCCOC1. The lowest BCUT2D eigenvalue weighted by Crippen LogP contribution is -2.36. The molecule has 1 aromatic heterocycles. The van der Waals surface area contributed by atoms with Crippen LogP contribution in [0.4, 0.5) is 0 Å². The molecule has 1 atom stereocenters. The quantitative estimate of drug-likeness (QED) is 0.809. The molecule has 2 rings (SSSR count). The molecule has 0 spiro atoms. The zero-order chi connectivity index (χ0) is 10.5. The summed E-state index contributed by atoms with van der Waals surface area (Å²) in [5.74, 6) is 0. The molecule has 0 amide bonds. The van der Waals surface area contributed by atoms with Gasteiger partial charge in [0, 0.05) is 31.9 Å². The molecule has 1 fully saturated rings. The first kappa shape index (κ1) is 10.6. The van der Waals surface area contributed by atoms with Gasteiger partial charge in [-0.25, -0.2) is 0 Å². The molecule has 1 N–H and O–H groups in total. The normalized spacial score (nSPS) is 21.8. The van der Waals surface area contributed by atoms with Gasteiger partial charge >= 0.3 is 0 Å². The van der Waals surface area contributed by atoms with Crippen molar-refractivity contribution in [1.29, 1.82) is 0 Å². The van der Waals surface area contributed by atoms with Crippen LogP contribution in [-0.4, -0.2) is 29.0 Å². The Balaban J connectivity index is 1.81. The molecule has 1 aliphatic heterocycles. The molecule has 4 heteroatoms. The number of hydrogen-bond donors (Lipinski definition) is 1. The van der Waals surface area contributed by atoms with Crippen LogP contribution in [0.3, 0.4) is 0 Å². The molecular weight excluding hydrogens is 190 g/mol. The van der Waals surface area contributed by atoms with E-state index in [9.17, 15) is 0 Å². The Morgan fingerprint density at radius 3 is 3.33 bits per heavy atom.